The third-order valence-corrected chi connectivity index (χ3v) is 3.02. The fourth-order valence-corrected chi connectivity index (χ4v) is 1.92. The Hall–Kier alpha value is -2.96. The summed E-state index contributed by atoms with van der Waals surface area (Å²) in [5.41, 5.74) is 0.0627. The van der Waals surface area contributed by atoms with Gasteiger partial charge in [-0.05, 0) is 24.3 Å². The number of hydrogen-bond acceptors (Lipinski definition) is 3. The van der Waals surface area contributed by atoms with Crippen molar-refractivity contribution in [3.63, 3.8) is 0 Å². The Morgan fingerprint density at radius 1 is 1.04 bits per heavy atom. The lowest BCUT2D eigenvalue weighted by Gasteiger charge is -2.12. The molecule has 2 aromatic carbocycles. The largest absolute Gasteiger partial charge is 0.507 e. The Kier molecular flexibility index (Phi) is 4.59. The zero-order chi connectivity index (χ0) is 17.1. The van der Waals surface area contributed by atoms with Gasteiger partial charge < -0.3 is 15.3 Å². The van der Waals surface area contributed by atoms with Gasteiger partial charge in [0.15, 0.2) is 0 Å². The van der Waals surface area contributed by atoms with Gasteiger partial charge in [-0.15, -0.1) is 0 Å². The highest BCUT2D eigenvalue weighted by Crippen LogP contribution is 2.23. The fraction of sp³-hybridized carbons (Fsp3) is 0.125. The molecule has 2 N–H and O–H groups in total. The molecule has 0 unspecified atom stereocenters. The minimum atomic E-state index is -0.870. The second kappa shape index (κ2) is 6.43. The lowest BCUT2D eigenvalue weighted by Crippen LogP contribution is -2.21. The summed E-state index contributed by atoms with van der Waals surface area (Å²) in [6.45, 7) is 0. The van der Waals surface area contributed by atoms with Gasteiger partial charge in [0.25, 0.3) is 11.8 Å². The lowest BCUT2D eigenvalue weighted by molar-refractivity contribution is 0.0824. The van der Waals surface area contributed by atoms with Crippen molar-refractivity contribution in [3.8, 4) is 5.75 Å². The van der Waals surface area contributed by atoms with Gasteiger partial charge in [-0.2, -0.15) is 0 Å². The van der Waals surface area contributed by atoms with Crippen molar-refractivity contribution in [1.29, 1.82) is 0 Å². The minimum absolute atomic E-state index is 0.0739. The van der Waals surface area contributed by atoms with E-state index in [-0.39, 0.29) is 22.6 Å². The van der Waals surface area contributed by atoms with Crippen LogP contribution in [0.3, 0.4) is 0 Å². The molecule has 0 spiro atoms. The lowest BCUT2D eigenvalue weighted by atomic mass is 10.1. The summed E-state index contributed by atoms with van der Waals surface area (Å²) >= 11 is 0. The zero-order valence-corrected chi connectivity index (χ0v) is 12.4. The van der Waals surface area contributed by atoms with E-state index in [2.05, 4.69) is 5.32 Å². The molecule has 0 aliphatic carbocycles. The normalized spacial score (nSPS) is 10.3. The average Bonchev–Trinajstić information content (AvgIpc) is 2.45. The monoisotopic (exact) mass is 320 g/mol. The van der Waals surface area contributed by atoms with Crippen molar-refractivity contribution >= 4 is 17.5 Å². The second-order valence-electron chi connectivity index (χ2n) is 5.04. The molecule has 0 aromatic heterocycles. The van der Waals surface area contributed by atoms with Crippen LogP contribution in [0.2, 0.25) is 0 Å². The first-order chi connectivity index (χ1) is 10.8. The summed E-state index contributed by atoms with van der Waals surface area (Å²) in [7, 11) is 3.08. The van der Waals surface area contributed by atoms with E-state index in [1.54, 1.807) is 0 Å². The number of phenols is 1. The van der Waals surface area contributed by atoms with E-state index in [4.69, 9.17) is 0 Å². The summed E-state index contributed by atoms with van der Waals surface area (Å²) in [5, 5.41) is 12.3. The molecule has 5 nitrogen and oxygen atoms in total. The maximum Gasteiger partial charge on any atom is 0.257 e. The average molecular weight is 320 g/mol. The maximum absolute atomic E-state index is 13.1. The predicted molar refractivity (Wildman–Crippen MR) is 80.4 cm³/mol. The molecular formula is C16H14F2N2O3. The third-order valence-electron chi connectivity index (χ3n) is 3.02. The molecule has 2 amide bonds. The molecule has 0 bridgehead atoms. The first kappa shape index (κ1) is 16.4. The van der Waals surface area contributed by atoms with E-state index in [0.29, 0.717) is 6.07 Å². The number of amides is 2. The van der Waals surface area contributed by atoms with Crippen LogP contribution in [-0.2, 0) is 0 Å². The molecule has 0 radical (unpaired) electrons. The number of benzene rings is 2. The Bertz CT molecular complexity index is 756. The number of rotatable bonds is 3. The molecule has 0 fully saturated rings. The molecule has 0 saturated heterocycles. The molecule has 7 heteroatoms. The van der Waals surface area contributed by atoms with E-state index in [1.165, 1.54) is 37.2 Å². The number of carbonyl (C=O) groups is 2. The van der Waals surface area contributed by atoms with Crippen molar-refractivity contribution < 1.29 is 23.5 Å². The van der Waals surface area contributed by atoms with Gasteiger partial charge in [-0.25, -0.2) is 8.78 Å². The number of halogens is 2. The van der Waals surface area contributed by atoms with Crippen molar-refractivity contribution in [2.75, 3.05) is 19.4 Å². The number of nitrogens with zero attached hydrogens (tertiary/aromatic N) is 1. The van der Waals surface area contributed by atoms with Crippen molar-refractivity contribution in [1.82, 2.24) is 4.90 Å². The van der Waals surface area contributed by atoms with Crippen molar-refractivity contribution in [2.45, 2.75) is 0 Å². The highest BCUT2D eigenvalue weighted by atomic mass is 19.1. The summed E-state index contributed by atoms with van der Waals surface area (Å²) in [5.74, 6) is -3.19. The van der Waals surface area contributed by atoms with Crippen LogP contribution in [0.25, 0.3) is 0 Å². The molecular weight excluding hydrogens is 306 g/mol. The topological polar surface area (TPSA) is 69.6 Å². The summed E-state index contributed by atoms with van der Waals surface area (Å²) in [6, 6.07) is 6.38. The van der Waals surface area contributed by atoms with Gasteiger partial charge >= 0.3 is 0 Å². The number of nitrogens with one attached hydrogen (secondary N) is 1. The molecule has 23 heavy (non-hydrogen) atoms. The van der Waals surface area contributed by atoms with E-state index in [9.17, 15) is 23.5 Å². The minimum Gasteiger partial charge on any atom is -0.507 e. The van der Waals surface area contributed by atoms with Gasteiger partial charge in [-0.1, -0.05) is 0 Å². The maximum atomic E-state index is 13.1. The van der Waals surface area contributed by atoms with Gasteiger partial charge in [0.1, 0.15) is 17.4 Å². The highest BCUT2D eigenvalue weighted by molar-refractivity contribution is 6.05. The van der Waals surface area contributed by atoms with Crippen LogP contribution in [0.1, 0.15) is 20.7 Å². The SMILES string of the molecule is CN(C)C(=O)c1ccc(NC(=O)c2cc(F)cc(F)c2)cc1O. The van der Waals surface area contributed by atoms with Gasteiger partial charge in [0, 0.05) is 37.5 Å². The third kappa shape index (κ3) is 3.82. The summed E-state index contributed by atoms with van der Waals surface area (Å²) < 4.78 is 26.2. The Morgan fingerprint density at radius 2 is 1.65 bits per heavy atom. The first-order valence-electron chi connectivity index (χ1n) is 6.60. The Labute approximate surface area is 131 Å². The van der Waals surface area contributed by atoms with Crippen LogP contribution in [-0.4, -0.2) is 35.9 Å². The van der Waals surface area contributed by atoms with Gasteiger partial charge in [-0.3, -0.25) is 9.59 Å². The summed E-state index contributed by atoms with van der Waals surface area (Å²) in [6.07, 6.45) is 0. The zero-order valence-electron chi connectivity index (χ0n) is 12.4. The molecule has 0 atom stereocenters. The molecule has 2 rings (SSSR count). The highest BCUT2D eigenvalue weighted by Gasteiger charge is 2.15. The molecule has 2 aromatic rings. The molecule has 0 heterocycles. The van der Waals surface area contributed by atoms with E-state index in [0.717, 1.165) is 12.1 Å². The van der Waals surface area contributed by atoms with E-state index in [1.807, 2.05) is 0 Å². The fourth-order valence-electron chi connectivity index (χ4n) is 1.92. The Morgan fingerprint density at radius 3 is 2.17 bits per heavy atom. The number of hydrogen-bond donors (Lipinski definition) is 2. The van der Waals surface area contributed by atoms with E-state index < -0.39 is 23.4 Å². The summed E-state index contributed by atoms with van der Waals surface area (Å²) in [4.78, 5) is 25.0. The predicted octanol–water partition coefficient (Wildman–Crippen LogP) is 2.62. The van der Waals surface area contributed by atoms with Crippen molar-refractivity contribution in [3.05, 3.63) is 59.2 Å². The molecule has 120 valence electrons. The van der Waals surface area contributed by atoms with Crippen LogP contribution in [0.4, 0.5) is 14.5 Å². The number of carbonyl (C=O) groups excluding carboxylic acids is 2. The molecule has 0 aliphatic heterocycles. The first-order valence-corrected chi connectivity index (χ1v) is 6.60. The number of phenolic OH excluding ortho intramolecular Hbond substituents is 1. The van der Waals surface area contributed by atoms with Crippen LogP contribution in [0, 0.1) is 11.6 Å². The smallest absolute Gasteiger partial charge is 0.257 e. The van der Waals surface area contributed by atoms with Crippen LogP contribution in [0.15, 0.2) is 36.4 Å². The number of anilines is 1. The molecule has 0 aliphatic rings. The van der Waals surface area contributed by atoms with Gasteiger partial charge in [0.05, 0.1) is 5.56 Å². The van der Waals surface area contributed by atoms with E-state index >= 15 is 0 Å². The van der Waals surface area contributed by atoms with Crippen molar-refractivity contribution in [2.24, 2.45) is 0 Å². The Balaban J connectivity index is 2.22. The standard InChI is InChI=1S/C16H14F2N2O3/c1-20(2)16(23)13-4-3-12(8-14(13)21)19-15(22)9-5-10(17)7-11(18)6-9/h3-8,21H,1-2H3,(H,19,22). The van der Waals surface area contributed by atoms with Gasteiger partial charge in [0.2, 0.25) is 0 Å². The second-order valence-corrected chi connectivity index (χ2v) is 5.04. The number of aromatic hydroxyl groups is 1. The quantitative estimate of drug-likeness (QED) is 0.913. The molecule has 0 saturated carbocycles. The van der Waals surface area contributed by atoms with Crippen LogP contribution < -0.4 is 5.32 Å². The van der Waals surface area contributed by atoms with Crippen LogP contribution in [0.5, 0.6) is 5.75 Å². The van der Waals surface area contributed by atoms with Crippen LogP contribution >= 0.6 is 0 Å².